The molecule has 0 aliphatic rings. The van der Waals surface area contributed by atoms with Crippen molar-refractivity contribution in [3.05, 3.63) is 48.5 Å². The summed E-state index contributed by atoms with van der Waals surface area (Å²) in [5, 5.41) is 3.80. The number of carbonyl (C=O) groups is 1. The quantitative estimate of drug-likeness (QED) is 0.821. The summed E-state index contributed by atoms with van der Waals surface area (Å²) in [4.78, 5) is 16.5. The third kappa shape index (κ3) is 4.89. The Hall–Kier alpha value is -2.73. The first-order chi connectivity index (χ1) is 11.1. The molecule has 0 saturated carbocycles. The van der Waals surface area contributed by atoms with Gasteiger partial charge >= 0.3 is 6.03 Å². The van der Waals surface area contributed by atoms with E-state index in [1.807, 2.05) is 31.2 Å². The third-order valence-corrected chi connectivity index (χ3v) is 3.02. The second-order valence-electron chi connectivity index (χ2n) is 4.64. The molecule has 0 aliphatic heterocycles. The van der Waals surface area contributed by atoms with E-state index < -0.39 is 0 Å². The number of urea groups is 1. The fourth-order valence-corrected chi connectivity index (χ4v) is 1.82. The number of hydroxylamine groups is 2. The molecule has 23 heavy (non-hydrogen) atoms. The molecule has 6 heteroatoms. The topological polar surface area (TPSA) is 60.0 Å². The lowest BCUT2D eigenvalue weighted by atomic mass is 10.3. The van der Waals surface area contributed by atoms with Crippen molar-refractivity contribution in [1.82, 2.24) is 5.06 Å². The van der Waals surface area contributed by atoms with Crippen molar-refractivity contribution in [2.75, 3.05) is 26.1 Å². The minimum Gasteiger partial charge on any atom is -0.494 e. The second-order valence-corrected chi connectivity index (χ2v) is 4.64. The summed E-state index contributed by atoms with van der Waals surface area (Å²) >= 11 is 0. The van der Waals surface area contributed by atoms with E-state index in [-0.39, 0.29) is 6.03 Å². The van der Waals surface area contributed by atoms with Crippen LogP contribution in [-0.2, 0) is 4.84 Å². The molecule has 2 aromatic carbocycles. The smallest absolute Gasteiger partial charge is 0.345 e. The van der Waals surface area contributed by atoms with Gasteiger partial charge in [0, 0.05) is 18.8 Å². The molecule has 0 unspecified atom stereocenters. The molecular formula is C17H20N2O4. The first-order valence-electron chi connectivity index (χ1n) is 7.22. The van der Waals surface area contributed by atoms with E-state index in [2.05, 4.69) is 5.32 Å². The Kier molecular flexibility index (Phi) is 5.82. The largest absolute Gasteiger partial charge is 0.494 e. The maximum absolute atomic E-state index is 11.7. The molecule has 0 heterocycles. The summed E-state index contributed by atoms with van der Waals surface area (Å²) in [5.41, 5.74) is 0.648. The summed E-state index contributed by atoms with van der Waals surface area (Å²) < 4.78 is 11.2. The Bertz CT molecular complexity index is 643. The molecule has 2 amide bonds. The molecule has 0 aromatic heterocycles. The van der Waals surface area contributed by atoms with Gasteiger partial charge in [-0.25, -0.2) is 9.86 Å². The number of amides is 2. The van der Waals surface area contributed by atoms with Gasteiger partial charge in [-0.05, 0) is 43.3 Å². The van der Waals surface area contributed by atoms with E-state index in [9.17, 15) is 4.79 Å². The molecule has 2 rings (SSSR count). The maximum Gasteiger partial charge on any atom is 0.345 e. The second kappa shape index (κ2) is 8.05. The van der Waals surface area contributed by atoms with Gasteiger partial charge in [0.1, 0.15) is 17.2 Å². The van der Waals surface area contributed by atoms with Crippen molar-refractivity contribution >= 4 is 11.7 Å². The van der Waals surface area contributed by atoms with Crippen molar-refractivity contribution in [3.8, 4) is 17.2 Å². The molecule has 2 aromatic rings. The van der Waals surface area contributed by atoms with E-state index in [0.29, 0.717) is 23.8 Å². The fraction of sp³-hybridized carbons (Fsp3) is 0.235. The van der Waals surface area contributed by atoms with E-state index in [1.165, 1.54) is 14.2 Å². The highest BCUT2D eigenvalue weighted by Gasteiger charge is 2.07. The number of ether oxygens (including phenoxy) is 2. The number of anilines is 1. The van der Waals surface area contributed by atoms with Crippen LogP contribution in [0.1, 0.15) is 6.92 Å². The normalized spacial score (nSPS) is 10.0. The summed E-state index contributed by atoms with van der Waals surface area (Å²) in [5.74, 6) is 2.11. The van der Waals surface area contributed by atoms with Gasteiger partial charge in [-0.15, -0.1) is 0 Å². The molecule has 122 valence electrons. The lowest BCUT2D eigenvalue weighted by Crippen LogP contribution is -2.30. The van der Waals surface area contributed by atoms with E-state index in [4.69, 9.17) is 14.3 Å². The van der Waals surface area contributed by atoms with Crippen LogP contribution in [0.15, 0.2) is 48.5 Å². The Balaban J connectivity index is 2.00. The van der Waals surface area contributed by atoms with Crippen molar-refractivity contribution in [3.63, 3.8) is 0 Å². The highest BCUT2D eigenvalue weighted by molar-refractivity contribution is 5.88. The van der Waals surface area contributed by atoms with Crippen molar-refractivity contribution < 1.29 is 19.1 Å². The van der Waals surface area contributed by atoms with Gasteiger partial charge in [0.25, 0.3) is 0 Å². The van der Waals surface area contributed by atoms with Crippen LogP contribution >= 0.6 is 0 Å². The van der Waals surface area contributed by atoms with Crippen LogP contribution in [0.2, 0.25) is 0 Å². The molecule has 0 atom stereocenters. The van der Waals surface area contributed by atoms with Crippen LogP contribution in [0.5, 0.6) is 17.2 Å². The lowest BCUT2D eigenvalue weighted by molar-refractivity contribution is -0.0598. The first kappa shape index (κ1) is 16.6. The van der Waals surface area contributed by atoms with Crippen LogP contribution in [0.4, 0.5) is 10.5 Å². The zero-order valence-electron chi connectivity index (χ0n) is 13.4. The van der Waals surface area contributed by atoms with Crippen molar-refractivity contribution in [1.29, 1.82) is 0 Å². The average molecular weight is 316 g/mol. The number of hydrogen-bond donors (Lipinski definition) is 1. The maximum atomic E-state index is 11.7. The molecule has 6 nitrogen and oxygen atoms in total. The minimum atomic E-state index is -0.356. The molecule has 0 bridgehead atoms. The predicted octanol–water partition coefficient (Wildman–Crippen LogP) is 3.90. The lowest BCUT2D eigenvalue weighted by Gasteiger charge is -2.14. The highest BCUT2D eigenvalue weighted by atomic mass is 16.7. The van der Waals surface area contributed by atoms with Crippen molar-refractivity contribution in [2.24, 2.45) is 0 Å². The molecule has 1 N–H and O–H groups in total. The van der Waals surface area contributed by atoms with Gasteiger partial charge in [0.05, 0.1) is 13.7 Å². The Morgan fingerprint density at radius 1 is 1.09 bits per heavy atom. The van der Waals surface area contributed by atoms with Gasteiger partial charge < -0.3 is 14.8 Å². The van der Waals surface area contributed by atoms with Gasteiger partial charge in [0.2, 0.25) is 0 Å². The van der Waals surface area contributed by atoms with Crippen LogP contribution in [-0.4, -0.2) is 31.9 Å². The first-order valence-corrected chi connectivity index (χ1v) is 7.22. The zero-order valence-corrected chi connectivity index (χ0v) is 13.4. The van der Waals surface area contributed by atoms with E-state index in [1.54, 1.807) is 24.3 Å². The molecule has 0 aliphatic carbocycles. The van der Waals surface area contributed by atoms with Crippen LogP contribution in [0.3, 0.4) is 0 Å². The van der Waals surface area contributed by atoms with E-state index >= 15 is 0 Å². The third-order valence-electron chi connectivity index (χ3n) is 3.02. The molecular weight excluding hydrogens is 296 g/mol. The van der Waals surface area contributed by atoms with Gasteiger partial charge in [-0.3, -0.25) is 4.84 Å². The molecule has 0 spiro atoms. The number of hydrogen-bond acceptors (Lipinski definition) is 4. The summed E-state index contributed by atoms with van der Waals surface area (Å²) in [6, 6.07) is 14.1. The number of benzene rings is 2. The van der Waals surface area contributed by atoms with Crippen LogP contribution in [0, 0.1) is 0 Å². The number of nitrogens with one attached hydrogen (secondary N) is 1. The Morgan fingerprint density at radius 2 is 1.78 bits per heavy atom. The predicted molar refractivity (Wildman–Crippen MR) is 87.9 cm³/mol. The van der Waals surface area contributed by atoms with Crippen molar-refractivity contribution in [2.45, 2.75) is 6.92 Å². The molecule has 0 fully saturated rings. The summed E-state index contributed by atoms with van der Waals surface area (Å²) in [7, 11) is 2.95. The zero-order chi connectivity index (χ0) is 16.7. The van der Waals surface area contributed by atoms with Gasteiger partial charge in [-0.2, -0.15) is 0 Å². The molecule has 0 saturated heterocycles. The Labute approximate surface area is 135 Å². The number of carbonyl (C=O) groups excluding carboxylic acids is 1. The fourth-order valence-electron chi connectivity index (χ4n) is 1.82. The number of rotatable bonds is 6. The van der Waals surface area contributed by atoms with Gasteiger partial charge in [0.15, 0.2) is 0 Å². The molecule has 0 radical (unpaired) electrons. The van der Waals surface area contributed by atoms with E-state index in [0.717, 1.165) is 10.8 Å². The summed E-state index contributed by atoms with van der Waals surface area (Å²) in [6.07, 6.45) is 0. The Morgan fingerprint density at radius 3 is 2.43 bits per heavy atom. The summed E-state index contributed by atoms with van der Waals surface area (Å²) in [6.45, 7) is 2.54. The average Bonchev–Trinajstić information content (AvgIpc) is 2.56. The van der Waals surface area contributed by atoms with Crippen LogP contribution < -0.4 is 14.8 Å². The highest BCUT2D eigenvalue weighted by Crippen LogP contribution is 2.26. The SMILES string of the molecule is CCOc1cccc(Oc2ccc(NC(=O)N(C)OC)cc2)c1. The minimum absolute atomic E-state index is 0.356. The monoisotopic (exact) mass is 316 g/mol. The standard InChI is InChI=1S/C17H20N2O4/c1-4-22-15-6-5-7-16(12-15)23-14-10-8-13(9-11-14)18-17(20)19(2)21-3/h5-12H,4H2,1-3H3,(H,18,20). The number of nitrogens with zero attached hydrogens (tertiary/aromatic N) is 1. The van der Waals surface area contributed by atoms with Gasteiger partial charge in [-0.1, -0.05) is 6.07 Å². The van der Waals surface area contributed by atoms with Crippen LogP contribution in [0.25, 0.3) is 0 Å².